The first kappa shape index (κ1) is 15.0. The van der Waals surface area contributed by atoms with Crippen LogP contribution < -0.4 is 10.5 Å². The van der Waals surface area contributed by atoms with Gasteiger partial charge in [0.25, 0.3) is 15.9 Å². The highest BCUT2D eigenvalue weighted by Gasteiger charge is 2.19. The predicted octanol–water partition coefficient (Wildman–Crippen LogP) is 1.98. The third-order valence-corrected chi connectivity index (χ3v) is 5.07. The lowest BCUT2D eigenvalue weighted by Gasteiger charge is -2.06. The van der Waals surface area contributed by atoms with E-state index in [0.29, 0.717) is 10.9 Å². The van der Waals surface area contributed by atoms with Crippen molar-refractivity contribution >= 4 is 38.9 Å². The molecule has 0 saturated carbocycles. The maximum absolute atomic E-state index is 12.0. The van der Waals surface area contributed by atoms with Gasteiger partial charge in [0.05, 0.1) is 14.1 Å². The standard InChI is InChI=1S/C12H11ClN2O3S2/c13-11-6-5-10(19-11)12(16)15-20(17,18)9-3-1-8(7-14)2-4-9/h1-6H,7,14H2,(H,15,16). The summed E-state index contributed by atoms with van der Waals surface area (Å²) >= 11 is 6.71. The van der Waals surface area contributed by atoms with Gasteiger partial charge in [0.1, 0.15) is 0 Å². The molecular formula is C12H11ClN2O3S2. The number of amides is 1. The molecule has 1 aromatic carbocycles. The molecule has 0 aliphatic carbocycles. The molecule has 0 atom stereocenters. The van der Waals surface area contributed by atoms with Crippen molar-refractivity contribution in [1.82, 2.24) is 4.72 Å². The number of hydrogen-bond acceptors (Lipinski definition) is 5. The van der Waals surface area contributed by atoms with E-state index >= 15 is 0 Å². The molecule has 1 aromatic heterocycles. The van der Waals surface area contributed by atoms with Crippen molar-refractivity contribution in [2.75, 3.05) is 0 Å². The van der Waals surface area contributed by atoms with Gasteiger partial charge in [-0.25, -0.2) is 13.1 Å². The second-order valence-corrected chi connectivity index (χ2v) is 7.28. The second kappa shape index (κ2) is 5.92. The molecular weight excluding hydrogens is 320 g/mol. The summed E-state index contributed by atoms with van der Waals surface area (Å²) in [6, 6.07) is 9.00. The quantitative estimate of drug-likeness (QED) is 0.897. The Balaban J connectivity index is 2.20. The van der Waals surface area contributed by atoms with Gasteiger partial charge in [-0.2, -0.15) is 0 Å². The van der Waals surface area contributed by atoms with E-state index in [2.05, 4.69) is 0 Å². The van der Waals surface area contributed by atoms with Crippen LogP contribution in [0.15, 0.2) is 41.3 Å². The molecule has 0 unspecified atom stereocenters. The Morgan fingerprint density at radius 3 is 2.35 bits per heavy atom. The van der Waals surface area contributed by atoms with Crippen molar-refractivity contribution in [1.29, 1.82) is 0 Å². The summed E-state index contributed by atoms with van der Waals surface area (Å²) in [5.74, 6) is -0.704. The largest absolute Gasteiger partial charge is 0.326 e. The van der Waals surface area contributed by atoms with Gasteiger partial charge >= 0.3 is 0 Å². The Hall–Kier alpha value is -1.41. The first-order chi connectivity index (χ1) is 9.42. The number of hydrogen-bond donors (Lipinski definition) is 2. The van der Waals surface area contributed by atoms with Gasteiger partial charge < -0.3 is 5.73 Å². The third kappa shape index (κ3) is 3.37. The van der Waals surface area contributed by atoms with Gasteiger partial charge in [0.2, 0.25) is 0 Å². The summed E-state index contributed by atoms with van der Waals surface area (Å²) in [4.78, 5) is 12.1. The molecule has 106 valence electrons. The molecule has 20 heavy (non-hydrogen) atoms. The van der Waals surface area contributed by atoms with Crippen LogP contribution in [-0.2, 0) is 16.6 Å². The normalized spacial score (nSPS) is 11.3. The van der Waals surface area contributed by atoms with E-state index in [-0.39, 0.29) is 9.77 Å². The van der Waals surface area contributed by atoms with Gasteiger partial charge in [0.15, 0.2) is 0 Å². The molecule has 0 aliphatic heterocycles. The van der Waals surface area contributed by atoms with Crippen molar-refractivity contribution in [3.63, 3.8) is 0 Å². The molecule has 0 aliphatic rings. The predicted molar refractivity (Wildman–Crippen MR) is 78.3 cm³/mol. The van der Waals surface area contributed by atoms with E-state index in [1.165, 1.54) is 24.3 Å². The molecule has 0 fully saturated rings. The molecule has 0 radical (unpaired) electrons. The number of nitrogens with two attached hydrogens (primary N) is 1. The maximum Gasteiger partial charge on any atom is 0.275 e. The summed E-state index contributed by atoms with van der Waals surface area (Å²) in [5.41, 5.74) is 6.24. The van der Waals surface area contributed by atoms with E-state index in [0.717, 1.165) is 16.9 Å². The van der Waals surface area contributed by atoms with E-state index < -0.39 is 15.9 Å². The Morgan fingerprint density at radius 2 is 1.85 bits per heavy atom. The lowest BCUT2D eigenvalue weighted by Crippen LogP contribution is -2.30. The number of sulfonamides is 1. The minimum Gasteiger partial charge on any atom is -0.326 e. The highest BCUT2D eigenvalue weighted by atomic mass is 35.5. The summed E-state index contributed by atoms with van der Waals surface area (Å²) in [6.45, 7) is 0.320. The van der Waals surface area contributed by atoms with Gasteiger partial charge in [0, 0.05) is 6.54 Å². The van der Waals surface area contributed by atoms with Gasteiger partial charge in [-0.05, 0) is 29.8 Å². The maximum atomic E-state index is 12.0. The molecule has 0 spiro atoms. The van der Waals surface area contributed by atoms with Crippen LogP contribution in [-0.4, -0.2) is 14.3 Å². The molecule has 0 bridgehead atoms. The van der Waals surface area contributed by atoms with Crippen molar-refractivity contribution in [2.45, 2.75) is 11.4 Å². The van der Waals surface area contributed by atoms with Gasteiger partial charge in [-0.15, -0.1) is 11.3 Å². The van der Waals surface area contributed by atoms with Crippen LogP contribution >= 0.6 is 22.9 Å². The fourth-order valence-electron chi connectivity index (χ4n) is 1.47. The first-order valence-corrected chi connectivity index (χ1v) is 8.21. The average Bonchev–Trinajstić information content (AvgIpc) is 2.85. The van der Waals surface area contributed by atoms with Crippen LogP contribution in [0, 0.1) is 0 Å². The van der Waals surface area contributed by atoms with Crippen LogP contribution in [0.1, 0.15) is 15.2 Å². The number of thiophene rings is 1. The first-order valence-electron chi connectivity index (χ1n) is 5.54. The van der Waals surface area contributed by atoms with Crippen molar-refractivity contribution in [2.24, 2.45) is 5.73 Å². The van der Waals surface area contributed by atoms with Crippen LogP contribution in [0.2, 0.25) is 4.34 Å². The monoisotopic (exact) mass is 330 g/mol. The number of rotatable bonds is 4. The van der Waals surface area contributed by atoms with Crippen molar-refractivity contribution in [3.05, 3.63) is 51.2 Å². The zero-order valence-electron chi connectivity index (χ0n) is 10.2. The van der Waals surface area contributed by atoms with E-state index in [1.54, 1.807) is 12.1 Å². The number of benzene rings is 1. The fourth-order valence-corrected chi connectivity index (χ4v) is 3.44. The molecule has 8 heteroatoms. The molecule has 2 rings (SSSR count). The number of carbonyl (C=O) groups excluding carboxylic acids is 1. The molecule has 0 saturated heterocycles. The molecule has 2 aromatic rings. The van der Waals surface area contributed by atoms with E-state index in [1.807, 2.05) is 4.72 Å². The summed E-state index contributed by atoms with van der Waals surface area (Å²) < 4.78 is 26.5. The molecule has 5 nitrogen and oxygen atoms in total. The Bertz CT molecular complexity index is 723. The van der Waals surface area contributed by atoms with Crippen molar-refractivity contribution in [3.8, 4) is 0 Å². The van der Waals surface area contributed by atoms with Gasteiger partial charge in [-0.1, -0.05) is 23.7 Å². The lowest BCUT2D eigenvalue weighted by atomic mass is 10.2. The third-order valence-electron chi connectivity index (χ3n) is 2.49. The summed E-state index contributed by atoms with van der Waals surface area (Å²) in [7, 11) is -3.90. The minimum absolute atomic E-state index is 0.00528. The highest BCUT2D eigenvalue weighted by molar-refractivity contribution is 7.90. The zero-order chi connectivity index (χ0) is 14.8. The van der Waals surface area contributed by atoms with E-state index in [9.17, 15) is 13.2 Å². The number of carbonyl (C=O) groups is 1. The fraction of sp³-hybridized carbons (Fsp3) is 0.0833. The zero-order valence-corrected chi connectivity index (χ0v) is 12.6. The average molecular weight is 331 g/mol. The van der Waals surface area contributed by atoms with Crippen LogP contribution in [0.25, 0.3) is 0 Å². The molecule has 1 heterocycles. The number of halogens is 1. The highest BCUT2D eigenvalue weighted by Crippen LogP contribution is 2.21. The molecule has 3 N–H and O–H groups in total. The minimum atomic E-state index is -3.90. The van der Waals surface area contributed by atoms with E-state index in [4.69, 9.17) is 17.3 Å². The van der Waals surface area contributed by atoms with Crippen molar-refractivity contribution < 1.29 is 13.2 Å². The van der Waals surface area contributed by atoms with Crippen LogP contribution in [0.3, 0.4) is 0 Å². The Kier molecular flexibility index (Phi) is 4.44. The Labute approximate surface area is 125 Å². The molecule has 1 amide bonds. The lowest BCUT2D eigenvalue weighted by molar-refractivity contribution is 0.0985. The SMILES string of the molecule is NCc1ccc(S(=O)(=O)NC(=O)c2ccc(Cl)s2)cc1. The summed E-state index contributed by atoms with van der Waals surface area (Å²) in [5, 5.41) is 0. The second-order valence-electron chi connectivity index (χ2n) is 3.89. The number of nitrogens with one attached hydrogen (secondary N) is 1. The van der Waals surface area contributed by atoms with Crippen LogP contribution in [0.5, 0.6) is 0 Å². The smallest absolute Gasteiger partial charge is 0.275 e. The topological polar surface area (TPSA) is 89.3 Å². The van der Waals surface area contributed by atoms with Crippen LogP contribution in [0.4, 0.5) is 0 Å². The van der Waals surface area contributed by atoms with Gasteiger partial charge in [-0.3, -0.25) is 4.79 Å². The summed E-state index contributed by atoms with van der Waals surface area (Å²) in [6.07, 6.45) is 0. The Morgan fingerprint density at radius 1 is 1.20 bits per heavy atom.